The Morgan fingerprint density at radius 2 is 1.69 bits per heavy atom. The van der Waals surface area contributed by atoms with Crippen molar-refractivity contribution in [3.05, 3.63) is 99.3 Å². The van der Waals surface area contributed by atoms with Crippen molar-refractivity contribution in [2.24, 2.45) is 0 Å². The third-order valence-corrected chi connectivity index (χ3v) is 7.69. The van der Waals surface area contributed by atoms with E-state index in [-0.39, 0.29) is 17.6 Å². The van der Waals surface area contributed by atoms with E-state index in [1.807, 2.05) is 54.6 Å². The highest BCUT2D eigenvalue weighted by Gasteiger charge is 2.26. The molecule has 5 rings (SSSR count). The molecule has 0 unspecified atom stereocenters. The molecule has 2 amide bonds. The van der Waals surface area contributed by atoms with Gasteiger partial charge in [0.25, 0.3) is 11.5 Å². The van der Waals surface area contributed by atoms with Gasteiger partial charge in [-0.2, -0.15) is 0 Å². The summed E-state index contributed by atoms with van der Waals surface area (Å²) < 4.78 is 6.67. The number of aromatic nitrogens is 2. The SMILES string of the molecule is CCOC(=O)N1CCN(C(=O)c2ccc3c(=O)n(-c4ccccc4)c(SCc4cccc(Cl)c4)nc3c2)CC1. The summed E-state index contributed by atoms with van der Waals surface area (Å²) in [6.45, 7) is 3.69. The summed E-state index contributed by atoms with van der Waals surface area (Å²) in [6, 6.07) is 22.0. The molecule has 1 fully saturated rings. The lowest BCUT2D eigenvalue weighted by molar-refractivity contribution is 0.0570. The van der Waals surface area contributed by atoms with Gasteiger partial charge < -0.3 is 14.5 Å². The fourth-order valence-electron chi connectivity index (χ4n) is 4.46. The Morgan fingerprint density at radius 3 is 2.41 bits per heavy atom. The fraction of sp³-hybridized carbons (Fsp3) is 0.241. The third-order valence-electron chi connectivity index (χ3n) is 6.45. The zero-order chi connectivity index (χ0) is 27.4. The molecule has 8 nitrogen and oxygen atoms in total. The highest BCUT2D eigenvalue weighted by Crippen LogP contribution is 2.26. The van der Waals surface area contributed by atoms with Gasteiger partial charge in [-0.3, -0.25) is 14.2 Å². The minimum Gasteiger partial charge on any atom is -0.450 e. The maximum absolute atomic E-state index is 13.7. The van der Waals surface area contributed by atoms with Gasteiger partial charge in [-0.1, -0.05) is 53.7 Å². The van der Waals surface area contributed by atoms with Crippen LogP contribution in [0.25, 0.3) is 16.6 Å². The number of nitrogens with zero attached hydrogens (tertiary/aromatic N) is 4. The Kier molecular flexibility index (Phi) is 8.18. The van der Waals surface area contributed by atoms with E-state index >= 15 is 0 Å². The van der Waals surface area contributed by atoms with Gasteiger partial charge in [-0.25, -0.2) is 9.78 Å². The molecule has 0 N–H and O–H groups in total. The van der Waals surface area contributed by atoms with Crippen molar-refractivity contribution in [2.75, 3.05) is 32.8 Å². The van der Waals surface area contributed by atoms with Crippen LogP contribution in [0.5, 0.6) is 0 Å². The van der Waals surface area contributed by atoms with E-state index in [2.05, 4.69) is 0 Å². The van der Waals surface area contributed by atoms with E-state index in [0.29, 0.717) is 70.9 Å². The molecule has 1 aliphatic heterocycles. The summed E-state index contributed by atoms with van der Waals surface area (Å²) in [5.74, 6) is 0.400. The van der Waals surface area contributed by atoms with Crippen molar-refractivity contribution >= 4 is 46.3 Å². The number of fused-ring (bicyclic) bond motifs is 1. The maximum Gasteiger partial charge on any atom is 0.409 e. The van der Waals surface area contributed by atoms with Crippen LogP contribution >= 0.6 is 23.4 Å². The molecule has 1 aromatic heterocycles. The van der Waals surface area contributed by atoms with Crippen LogP contribution in [0, 0.1) is 0 Å². The van der Waals surface area contributed by atoms with Gasteiger partial charge in [0.15, 0.2) is 5.16 Å². The van der Waals surface area contributed by atoms with Crippen molar-refractivity contribution in [2.45, 2.75) is 17.8 Å². The van der Waals surface area contributed by atoms with Crippen LogP contribution in [-0.2, 0) is 10.5 Å². The Labute approximate surface area is 235 Å². The molecule has 39 heavy (non-hydrogen) atoms. The first-order valence-corrected chi connectivity index (χ1v) is 14.0. The van der Waals surface area contributed by atoms with Gasteiger partial charge in [0.1, 0.15) is 0 Å². The zero-order valence-electron chi connectivity index (χ0n) is 21.4. The van der Waals surface area contributed by atoms with E-state index in [0.717, 1.165) is 5.56 Å². The highest BCUT2D eigenvalue weighted by atomic mass is 35.5. The molecular weight excluding hydrogens is 536 g/mol. The largest absolute Gasteiger partial charge is 0.450 e. The lowest BCUT2D eigenvalue weighted by atomic mass is 10.1. The molecule has 0 atom stereocenters. The molecule has 0 aliphatic carbocycles. The summed E-state index contributed by atoms with van der Waals surface area (Å²) in [7, 11) is 0. The van der Waals surface area contributed by atoms with Crippen LogP contribution in [0.15, 0.2) is 82.7 Å². The minimum absolute atomic E-state index is 0.164. The zero-order valence-corrected chi connectivity index (χ0v) is 23.0. The molecule has 3 aromatic carbocycles. The normalized spacial score (nSPS) is 13.5. The molecular formula is C29H27ClN4O4S. The monoisotopic (exact) mass is 562 g/mol. The van der Waals surface area contributed by atoms with E-state index in [1.165, 1.54) is 11.8 Å². The van der Waals surface area contributed by atoms with Gasteiger partial charge >= 0.3 is 6.09 Å². The number of thioether (sulfide) groups is 1. The molecule has 0 spiro atoms. The van der Waals surface area contributed by atoms with Crippen molar-refractivity contribution in [3.8, 4) is 5.69 Å². The number of hydrogen-bond acceptors (Lipinski definition) is 6. The van der Waals surface area contributed by atoms with Crippen molar-refractivity contribution in [3.63, 3.8) is 0 Å². The molecule has 1 aliphatic rings. The van der Waals surface area contributed by atoms with Crippen molar-refractivity contribution in [1.29, 1.82) is 0 Å². The number of amides is 2. The quantitative estimate of drug-likeness (QED) is 0.236. The second-order valence-corrected chi connectivity index (χ2v) is 10.4. The number of rotatable bonds is 6. The van der Waals surface area contributed by atoms with Crippen molar-refractivity contribution in [1.82, 2.24) is 19.4 Å². The number of carbonyl (C=O) groups excluding carboxylic acids is 2. The highest BCUT2D eigenvalue weighted by molar-refractivity contribution is 7.98. The van der Waals surface area contributed by atoms with Gasteiger partial charge in [-0.15, -0.1) is 0 Å². The number of para-hydroxylation sites is 1. The number of ether oxygens (including phenoxy) is 1. The summed E-state index contributed by atoms with van der Waals surface area (Å²) in [4.78, 5) is 47.2. The van der Waals surface area contributed by atoms with Crippen LogP contribution in [0.2, 0.25) is 5.02 Å². The second kappa shape index (κ2) is 11.9. The van der Waals surface area contributed by atoms with Gasteiger partial charge in [0, 0.05) is 42.5 Å². The number of piperazine rings is 1. The third kappa shape index (κ3) is 5.94. The number of carbonyl (C=O) groups is 2. The average molecular weight is 563 g/mol. The topological polar surface area (TPSA) is 84.7 Å². The van der Waals surface area contributed by atoms with E-state index in [9.17, 15) is 14.4 Å². The molecule has 0 saturated carbocycles. The van der Waals surface area contributed by atoms with Crippen LogP contribution < -0.4 is 5.56 Å². The Morgan fingerprint density at radius 1 is 0.949 bits per heavy atom. The molecule has 200 valence electrons. The Hall–Kier alpha value is -3.82. The fourth-order valence-corrected chi connectivity index (χ4v) is 5.63. The molecule has 4 aromatic rings. The Bertz CT molecular complexity index is 1570. The molecule has 0 radical (unpaired) electrons. The standard InChI is InChI=1S/C29H27ClN4O4S/c1-2-38-29(37)33-15-13-32(14-16-33)26(35)21-11-12-24-25(18-21)31-28(39-19-20-7-6-8-22(30)17-20)34(27(24)36)23-9-4-3-5-10-23/h3-12,17-18H,2,13-16,19H2,1H3. The predicted octanol–water partition coefficient (Wildman–Crippen LogP) is 5.25. The first-order valence-electron chi connectivity index (χ1n) is 12.6. The summed E-state index contributed by atoms with van der Waals surface area (Å²) in [5.41, 5.74) is 2.42. The average Bonchev–Trinajstić information content (AvgIpc) is 2.96. The molecule has 10 heteroatoms. The smallest absolute Gasteiger partial charge is 0.409 e. The molecule has 0 bridgehead atoms. The number of halogens is 1. The van der Waals surface area contributed by atoms with Gasteiger partial charge in [0.05, 0.1) is 23.2 Å². The molecule has 1 saturated heterocycles. The lowest BCUT2D eigenvalue weighted by Crippen LogP contribution is -2.50. The van der Waals surface area contributed by atoms with E-state index < -0.39 is 0 Å². The summed E-state index contributed by atoms with van der Waals surface area (Å²) >= 11 is 7.59. The van der Waals surface area contributed by atoms with E-state index in [1.54, 1.807) is 39.5 Å². The maximum atomic E-state index is 13.7. The summed E-state index contributed by atoms with van der Waals surface area (Å²) in [6.07, 6.45) is -0.364. The number of hydrogen-bond donors (Lipinski definition) is 0. The Balaban J connectivity index is 1.45. The lowest BCUT2D eigenvalue weighted by Gasteiger charge is -2.34. The second-order valence-electron chi connectivity index (χ2n) is 9.00. The predicted molar refractivity (Wildman–Crippen MR) is 153 cm³/mol. The first-order chi connectivity index (χ1) is 18.9. The van der Waals surface area contributed by atoms with Gasteiger partial charge in [0.2, 0.25) is 0 Å². The van der Waals surface area contributed by atoms with E-state index in [4.69, 9.17) is 21.3 Å². The molecule has 2 heterocycles. The summed E-state index contributed by atoms with van der Waals surface area (Å²) in [5, 5.41) is 1.59. The van der Waals surface area contributed by atoms with Crippen molar-refractivity contribution < 1.29 is 14.3 Å². The number of benzene rings is 3. The minimum atomic E-state index is -0.364. The van der Waals surface area contributed by atoms with Gasteiger partial charge in [-0.05, 0) is 55.0 Å². The van der Waals surface area contributed by atoms with Crippen LogP contribution in [0.1, 0.15) is 22.8 Å². The van der Waals surface area contributed by atoms with Crippen LogP contribution in [0.4, 0.5) is 4.79 Å². The van der Waals surface area contributed by atoms with Crippen LogP contribution in [-0.4, -0.2) is 64.1 Å². The van der Waals surface area contributed by atoms with Crippen LogP contribution in [0.3, 0.4) is 0 Å². The first kappa shape index (κ1) is 26.8.